The van der Waals surface area contributed by atoms with Crippen LogP contribution in [0.4, 0.5) is 0 Å². The molecule has 2 unspecified atom stereocenters. The topological polar surface area (TPSA) is 3.01 Å². The molecule has 0 radical (unpaired) electrons. The van der Waals surface area contributed by atoms with Gasteiger partial charge < -0.3 is 0 Å². The summed E-state index contributed by atoms with van der Waals surface area (Å²) in [5, 5.41) is 0. The van der Waals surface area contributed by atoms with E-state index in [1.165, 1.54) is 11.1 Å². The molecule has 0 aliphatic carbocycles. The van der Waals surface area contributed by atoms with Crippen molar-refractivity contribution in [1.29, 1.82) is 0 Å². The third-order valence-electron chi connectivity index (χ3n) is 3.32. The van der Waals surface area contributed by atoms with Crippen molar-refractivity contribution in [2.45, 2.75) is 38.9 Å². The molecule has 80 valence electrons. The van der Waals surface area contributed by atoms with Gasteiger partial charge in [-0.1, -0.05) is 42.5 Å². The van der Waals surface area contributed by atoms with E-state index in [0.29, 0.717) is 11.6 Å². The van der Waals surface area contributed by atoms with E-state index in [1.54, 1.807) is 0 Å². The van der Waals surface area contributed by atoms with Gasteiger partial charge in [0, 0.05) is 18.1 Å². The van der Waals surface area contributed by atoms with Crippen molar-refractivity contribution in [3.8, 4) is 0 Å². The van der Waals surface area contributed by atoms with E-state index in [2.05, 4.69) is 62.6 Å². The summed E-state index contributed by atoms with van der Waals surface area (Å²) in [6.45, 7) is 11.8. The highest BCUT2D eigenvalue weighted by atomic mass is 15.4. The zero-order valence-corrected chi connectivity index (χ0v) is 9.83. The SMILES string of the molecule is C=C(C)C1N(Cc2ccccc2)C1(C)C. The van der Waals surface area contributed by atoms with Gasteiger partial charge in [-0.15, -0.1) is 0 Å². The Bertz CT molecular complexity index is 364. The average Bonchev–Trinajstić information content (AvgIpc) is 2.70. The van der Waals surface area contributed by atoms with Gasteiger partial charge in [0.1, 0.15) is 0 Å². The third kappa shape index (κ3) is 1.84. The second-order valence-electron chi connectivity index (χ2n) is 5.02. The summed E-state index contributed by atoms with van der Waals surface area (Å²) in [5.74, 6) is 0. The number of hydrogen-bond acceptors (Lipinski definition) is 1. The normalized spacial score (nSPS) is 27.4. The molecule has 0 amide bonds. The maximum atomic E-state index is 4.06. The van der Waals surface area contributed by atoms with E-state index in [1.807, 2.05) is 0 Å². The minimum Gasteiger partial charge on any atom is -0.284 e. The van der Waals surface area contributed by atoms with Crippen LogP contribution in [0.5, 0.6) is 0 Å². The van der Waals surface area contributed by atoms with Crippen LogP contribution in [0, 0.1) is 0 Å². The van der Waals surface area contributed by atoms with E-state index < -0.39 is 0 Å². The molecule has 1 heteroatoms. The second-order valence-corrected chi connectivity index (χ2v) is 5.02. The van der Waals surface area contributed by atoms with Crippen molar-refractivity contribution in [2.75, 3.05) is 0 Å². The lowest BCUT2D eigenvalue weighted by Crippen LogP contribution is -2.08. The Labute approximate surface area is 92.4 Å². The molecule has 0 aromatic heterocycles. The van der Waals surface area contributed by atoms with Crippen molar-refractivity contribution >= 4 is 0 Å². The summed E-state index contributed by atoms with van der Waals surface area (Å²) in [6.07, 6.45) is 0. The minimum absolute atomic E-state index is 0.293. The largest absolute Gasteiger partial charge is 0.284 e. The molecule has 0 saturated carbocycles. The lowest BCUT2D eigenvalue weighted by atomic mass is 10.1. The second kappa shape index (κ2) is 3.49. The first kappa shape index (κ1) is 10.4. The van der Waals surface area contributed by atoms with Crippen molar-refractivity contribution in [3.05, 3.63) is 48.0 Å². The highest BCUT2D eigenvalue weighted by Gasteiger charge is 2.55. The molecule has 1 aromatic rings. The first-order valence-corrected chi connectivity index (χ1v) is 5.49. The van der Waals surface area contributed by atoms with Gasteiger partial charge in [-0.05, 0) is 26.3 Å². The van der Waals surface area contributed by atoms with Crippen molar-refractivity contribution in [1.82, 2.24) is 4.90 Å². The van der Waals surface area contributed by atoms with Gasteiger partial charge in [0.25, 0.3) is 0 Å². The molecular formula is C14H19N. The summed E-state index contributed by atoms with van der Waals surface area (Å²) in [7, 11) is 0. The summed E-state index contributed by atoms with van der Waals surface area (Å²) in [4.78, 5) is 2.49. The molecule has 2 atom stereocenters. The Morgan fingerprint density at radius 1 is 1.33 bits per heavy atom. The maximum Gasteiger partial charge on any atom is 0.0491 e. The van der Waals surface area contributed by atoms with Crippen molar-refractivity contribution < 1.29 is 0 Å². The van der Waals surface area contributed by atoms with Crippen LogP contribution >= 0.6 is 0 Å². The van der Waals surface area contributed by atoms with E-state index in [9.17, 15) is 0 Å². The van der Waals surface area contributed by atoms with Crippen LogP contribution in [-0.2, 0) is 6.54 Å². The first-order valence-electron chi connectivity index (χ1n) is 5.49. The fraction of sp³-hybridized carbons (Fsp3) is 0.429. The molecule has 1 aromatic carbocycles. The van der Waals surface area contributed by atoms with Gasteiger partial charge >= 0.3 is 0 Å². The van der Waals surface area contributed by atoms with Gasteiger partial charge in [0.05, 0.1) is 0 Å². The van der Waals surface area contributed by atoms with Crippen LogP contribution in [0.15, 0.2) is 42.5 Å². The molecule has 1 aliphatic rings. The van der Waals surface area contributed by atoms with E-state index in [0.717, 1.165) is 6.54 Å². The zero-order chi connectivity index (χ0) is 11.1. The smallest absolute Gasteiger partial charge is 0.0491 e. The van der Waals surface area contributed by atoms with Crippen LogP contribution in [0.2, 0.25) is 0 Å². The van der Waals surface area contributed by atoms with Crippen LogP contribution in [0.3, 0.4) is 0 Å². The number of hydrogen-bond donors (Lipinski definition) is 0. The molecule has 1 fully saturated rings. The highest BCUT2D eigenvalue weighted by molar-refractivity contribution is 5.28. The monoisotopic (exact) mass is 201 g/mol. The molecule has 1 nitrogen and oxygen atoms in total. The molecule has 2 rings (SSSR count). The first-order chi connectivity index (χ1) is 7.03. The van der Waals surface area contributed by atoms with Gasteiger partial charge in [0.15, 0.2) is 0 Å². The Morgan fingerprint density at radius 2 is 1.93 bits per heavy atom. The van der Waals surface area contributed by atoms with Gasteiger partial charge in [-0.25, -0.2) is 0 Å². The summed E-state index contributed by atoms with van der Waals surface area (Å²) < 4.78 is 0. The summed E-state index contributed by atoms with van der Waals surface area (Å²) >= 11 is 0. The van der Waals surface area contributed by atoms with Gasteiger partial charge in [-0.3, -0.25) is 4.90 Å². The Morgan fingerprint density at radius 3 is 2.40 bits per heavy atom. The molecule has 1 heterocycles. The van der Waals surface area contributed by atoms with E-state index in [-0.39, 0.29) is 0 Å². The Hall–Kier alpha value is -1.08. The van der Waals surface area contributed by atoms with Crippen molar-refractivity contribution in [3.63, 3.8) is 0 Å². The van der Waals surface area contributed by atoms with Crippen LogP contribution in [0.25, 0.3) is 0 Å². The predicted octanol–water partition coefficient (Wildman–Crippen LogP) is 3.23. The predicted molar refractivity (Wildman–Crippen MR) is 64.7 cm³/mol. The Kier molecular flexibility index (Phi) is 2.43. The number of benzene rings is 1. The summed E-state index contributed by atoms with van der Waals surface area (Å²) in [6, 6.07) is 11.2. The maximum absolute atomic E-state index is 4.06. The fourth-order valence-electron chi connectivity index (χ4n) is 2.51. The van der Waals surface area contributed by atoms with E-state index in [4.69, 9.17) is 0 Å². The number of rotatable bonds is 3. The quantitative estimate of drug-likeness (QED) is 0.536. The van der Waals surface area contributed by atoms with Crippen LogP contribution in [0.1, 0.15) is 26.3 Å². The average molecular weight is 201 g/mol. The summed E-state index contributed by atoms with van der Waals surface area (Å²) in [5.41, 5.74) is 2.95. The third-order valence-corrected chi connectivity index (χ3v) is 3.32. The van der Waals surface area contributed by atoms with Gasteiger partial charge in [0.2, 0.25) is 0 Å². The minimum atomic E-state index is 0.293. The molecule has 0 N–H and O–H groups in total. The Balaban J connectivity index is 2.07. The lowest BCUT2D eigenvalue weighted by Gasteiger charge is -2.05. The highest BCUT2D eigenvalue weighted by Crippen LogP contribution is 2.45. The molecule has 1 aliphatic heterocycles. The molecule has 0 bridgehead atoms. The van der Waals surface area contributed by atoms with Crippen molar-refractivity contribution in [2.24, 2.45) is 0 Å². The van der Waals surface area contributed by atoms with Gasteiger partial charge in [-0.2, -0.15) is 0 Å². The molecular weight excluding hydrogens is 182 g/mol. The standard InChI is InChI=1S/C14H19N/c1-11(2)13-14(3,4)15(13)10-12-8-6-5-7-9-12/h5-9,13H,1,10H2,2-4H3. The van der Waals surface area contributed by atoms with E-state index >= 15 is 0 Å². The van der Waals surface area contributed by atoms with Crippen LogP contribution in [-0.4, -0.2) is 16.5 Å². The molecule has 1 saturated heterocycles. The zero-order valence-electron chi connectivity index (χ0n) is 9.83. The van der Waals surface area contributed by atoms with Crippen LogP contribution < -0.4 is 0 Å². The fourth-order valence-corrected chi connectivity index (χ4v) is 2.51. The number of nitrogens with zero attached hydrogens (tertiary/aromatic N) is 1. The molecule has 0 spiro atoms. The lowest BCUT2D eigenvalue weighted by molar-refractivity contribution is 0.434. The molecule has 15 heavy (non-hydrogen) atoms.